The number of carbonyl (C=O) groups is 1. The number of ether oxygens (including phenoxy) is 1. The lowest BCUT2D eigenvalue weighted by atomic mass is 10.1. The number of aromatic nitrogens is 2. The summed E-state index contributed by atoms with van der Waals surface area (Å²) in [4.78, 5) is 18.2. The molecule has 0 aliphatic carbocycles. The van der Waals surface area contributed by atoms with Gasteiger partial charge < -0.3 is 24.8 Å². The fraction of sp³-hybridized carbons (Fsp3) is 0.444. The standard InChI is InChI=1S/C18H27N5O2/c1-14(12-23-9-8-19-13-23)21-18(24)20-11-17(22(2)3)15-6-5-7-16(10-15)25-4/h5-10,13-14,17H,11-12H2,1-4H3,(H2,20,21,24)/t14-,17+/m0/s1. The number of methoxy groups -OCH3 is 1. The number of likely N-dealkylation sites (N-methyl/N-ethyl adjacent to an activating group) is 1. The molecular formula is C18H27N5O2. The Morgan fingerprint density at radius 2 is 2.20 bits per heavy atom. The van der Waals surface area contributed by atoms with Crippen LogP contribution in [-0.4, -0.2) is 54.3 Å². The maximum atomic E-state index is 12.2. The number of benzene rings is 1. The van der Waals surface area contributed by atoms with Crippen molar-refractivity contribution in [2.75, 3.05) is 27.7 Å². The van der Waals surface area contributed by atoms with Crippen molar-refractivity contribution in [2.45, 2.75) is 25.6 Å². The molecule has 1 aromatic carbocycles. The lowest BCUT2D eigenvalue weighted by molar-refractivity contribution is 0.228. The maximum absolute atomic E-state index is 12.2. The van der Waals surface area contributed by atoms with Crippen molar-refractivity contribution in [3.05, 3.63) is 48.5 Å². The summed E-state index contributed by atoms with van der Waals surface area (Å²) in [5.74, 6) is 0.808. The third-order valence-corrected chi connectivity index (χ3v) is 3.98. The number of hydrogen-bond acceptors (Lipinski definition) is 4. The second kappa shape index (κ2) is 9.08. The molecule has 0 aliphatic heterocycles. The Labute approximate surface area is 149 Å². The molecule has 2 amide bonds. The molecule has 0 fully saturated rings. The molecule has 0 saturated carbocycles. The molecule has 2 rings (SSSR count). The lowest BCUT2D eigenvalue weighted by Crippen LogP contribution is -2.45. The molecule has 2 aromatic rings. The average Bonchev–Trinajstić information content (AvgIpc) is 3.07. The Morgan fingerprint density at radius 1 is 1.40 bits per heavy atom. The van der Waals surface area contributed by atoms with E-state index in [0.717, 1.165) is 11.3 Å². The maximum Gasteiger partial charge on any atom is 0.315 e. The number of amides is 2. The summed E-state index contributed by atoms with van der Waals surface area (Å²) in [5.41, 5.74) is 1.09. The summed E-state index contributed by atoms with van der Waals surface area (Å²) >= 11 is 0. The molecule has 2 atom stereocenters. The number of urea groups is 1. The van der Waals surface area contributed by atoms with Crippen LogP contribution in [-0.2, 0) is 6.54 Å². The van der Waals surface area contributed by atoms with E-state index in [0.29, 0.717) is 13.1 Å². The van der Waals surface area contributed by atoms with Crippen LogP contribution in [0.25, 0.3) is 0 Å². The van der Waals surface area contributed by atoms with Gasteiger partial charge in [0.15, 0.2) is 0 Å². The molecule has 2 N–H and O–H groups in total. The van der Waals surface area contributed by atoms with Crippen molar-refractivity contribution in [1.82, 2.24) is 25.1 Å². The van der Waals surface area contributed by atoms with Crippen LogP contribution >= 0.6 is 0 Å². The fourth-order valence-electron chi connectivity index (χ4n) is 2.67. The molecule has 1 heterocycles. The average molecular weight is 345 g/mol. The SMILES string of the molecule is COc1cccc([C@@H](CNC(=O)N[C@@H](C)Cn2ccnc2)N(C)C)c1. The van der Waals surface area contributed by atoms with Gasteiger partial charge in [0.25, 0.3) is 0 Å². The van der Waals surface area contributed by atoms with E-state index < -0.39 is 0 Å². The van der Waals surface area contributed by atoms with Crippen molar-refractivity contribution in [2.24, 2.45) is 0 Å². The second-order valence-corrected chi connectivity index (χ2v) is 6.27. The molecule has 1 aromatic heterocycles. The molecule has 25 heavy (non-hydrogen) atoms. The minimum Gasteiger partial charge on any atom is -0.497 e. The predicted octanol–water partition coefficient (Wildman–Crippen LogP) is 1.88. The summed E-state index contributed by atoms with van der Waals surface area (Å²) in [7, 11) is 5.63. The largest absolute Gasteiger partial charge is 0.497 e. The Balaban J connectivity index is 1.88. The predicted molar refractivity (Wildman–Crippen MR) is 97.6 cm³/mol. The van der Waals surface area contributed by atoms with E-state index in [1.807, 2.05) is 56.0 Å². The van der Waals surface area contributed by atoms with Gasteiger partial charge in [-0.05, 0) is 38.7 Å². The van der Waals surface area contributed by atoms with E-state index >= 15 is 0 Å². The van der Waals surface area contributed by atoms with Crippen LogP contribution in [0.2, 0.25) is 0 Å². The lowest BCUT2D eigenvalue weighted by Gasteiger charge is -2.26. The first-order valence-electron chi connectivity index (χ1n) is 8.30. The topological polar surface area (TPSA) is 71.4 Å². The number of hydrogen-bond donors (Lipinski definition) is 2. The van der Waals surface area contributed by atoms with Gasteiger partial charge in [-0.2, -0.15) is 0 Å². The molecule has 0 spiro atoms. The smallest absolute Gasteiger partial charge is 0.315 e. The van der Waals surface area contributed by atoms with E-state index in [9.17, 15) is 4.79 Å². The van der Waals surface area contributed by atoms with Crippen LogP contribution in [0.3, 0.4) is 0 Å². The third kappa shape index (κ3) is 5.79. The fourth-order valence-corrected chi connectivity index (χ4v) is 2.67. The van der Waals surface area contributed by atoms with Gasteiger partial charge in [-0.3, -0.25) is 0 Å². The Bertz CT molecular complexity index is 657. The first-order valence-corrected chi connectivity index (χ1v) is 8.30. The van der Waals surface area contributed by atoms with Gasteiger partial charge in [-0.1, -0.05) is 12.1 Å². The van der Waals surface area contributed by atoms with Gasteiger partial charge in [0.05, 0.1) is 19.5 Å². The number of carbonyl (C=O) groups excluding carboxylic acids is 1. The molecule has 0 bridgehead atoms. The molecule has 7 nitrogen and oxygen atoms in total. The van der Waals surface area contributed by atoms with E-state index in [1.165, 1.54) is 0 Å². The van der Waals surface area contributed by atoms with Crippen LogP contribution in [0.4, 0.5) is 4.79 Å². The zero-order valence-corrected chi connectivity index (χ0v) is 15.3. The van der Waals surface area contributed by atoms with E-state index in [1.54, 1.807) is 19.6 Å². The van der Waals surface area contributed by atoms with E-state index in [-0.39, 0.29) is 18.1 Å². The Hall–Kier alpha value is -2.54. The van der Waals surface area contributed by atoms with Crippen molar-refractivity contribution >= 4 is 6.03 Å². The van der Waals surface area contributed by atoms with Gasteiger partial charge >= 0.3 is 6.03 Å². The number of nitrogens with zero attached hydrogens (tertiary/aromatic N) is 3. The highest BCUT2D eigenvalue weighted by Crippen LogP contribution is 2.21. The quantitative estimate of drug-likeness (QED) is 0.766. The molecule has 7 heteroatoms. The summed E-state index contributed by atoms with van der Waals surface area (Å²) in [5, 5.41) is 5.90. The first kappa shape index (κ1) is 18.8. The van der Waals surface area contributed by atoms with Crippen LogP contribution in [0, 0.1) is 0 Å². The number of rotatable bonds is 8. The van der Waals surface area contributed by atoms with Gasteiger partial charge in [0.1, 0.15) is 5.75 Å². The summed E-state index contributed by atoms with van der Waals surface area (Å²) in [6, 6.07) is 7.78. The van der Waals surface area contributed by atoms with Gasteiger partial charge in [-0.25, -0.2) is 9.78 Å². The molecule has 0 unspecified atom stereocenters. The normalized spacial score (nSPS) is 13.3. The van der Waals surface area contributed by atoms with E-state index in [2.05, 4.69) is 20.5 Å². The molecule has 0 aliphatic rings. The zero-order chi connectivity index (χ0) is 18.2. The van der Waals surface area contributed by atoms with Crippen molar-refractivity contribution in [3.8, 4) is 5.75 Å². The van der Waals surface area contributed by atoms with Gasteiger partial charge in [0, 0.05) is 31.5 Å². The van der Waals surface area contributed by atoms with Crippen LogP contribution in [0.15, 0.2) is 43.0 Å². The molecular weight excluding hydrogens is 318 g/mol. The molecule has 0 radical (unpaired) electrons. The highest BCUT2D eigenvalue weighted by molar-refractivity contribution is 5.74. The Morgan fingerprint density at radius 3 is 2.84 bits per heavy atom. The van der Waals surface area contributed by atoms with Gasteiger partial charge in [-0.15, -0.1) is 0 Å². The van der Waals surface area contributed by atoms with E-state index in [4.69, 9.17) is 4.74 Å². The molecule has 136 valence electrons. The first-order chi connectivity index (χ1) is 12.0. The van der Waals surface area contributed by atoms with Crippen LogP contribution < -0.4 is 15.4 Å². The van der Waals surface area contributed by atoms with Crippen LogP contribution in [0.5, 0.6) is 5.75 Å². The monoisotopic (exact) mass is 345 g/mol. The molecule has 0 saturated heterocycles. The van der Waals surface area contributed by atoms with Crippen molar-refractivity contribution in [3.63, 3.8) is 0 Å². The zero-order valence-electron chi connectivity index (χ0n) is 15.3. The van der Waals surface area contributed by atoms with Crippen molar-refractivity contribution in [1.29, 1.82) is 0 Å². The second-order valence-electron chi connectivity index (χ2n) is 6.27. The summed E-state index contributed by atoms with van der Waals surface area (Å²) < 4.78 is 7.22. The third-order valence-electron chi connectivity index (χ3n) is 3.98. The summed E-state index contributed by atoms with van der Waals surface area (Å²) in [6.07, 6.45) is 5.34. The number of imidazole rings is 1. The minimum atomic E-state index is -0.178. The van der Waals surface area contributed by atoms with Crippen molar-refractivity contribution < 1.29 is 9.53 Å². The highest BCUT2D eigenvalue weighted by Gasteiger charge is 2.16. The van der Waals surface area contributed by atoms with Crippen LogP contribution in [0.1, 0.15) is 18.5 Å². The summed E-state index contributed by atoms with van der Waals surface area (Å²) in [6.45, 7) is 3.15. The highest BCUT2D eigenvalue weighted by atomic mass is 16.5. The number of nitrogens with one attached hydrogen (secondary N) is 2. The Kier molecular flexibility index (Phi) is 6.82. The minimum absolute atomic E-state index is 0.00354. The van der Waals surface area contributed by atoms with Gasteiger partial charge in [0.2, 0.25) is 0 Å².